The summed E-state index contributed by atoms with van der Waals surface area (Å²) >= 11 is 1.41. The van der Waals surface area contributed by atoms with Crippen molar-refractivity contribution in [3.05, 3.63) is 84.6 Å². The molecule has 1 aromatic heterocycles. The Hall–Kier alpha value is -3.84. The lowest BCUT2D eigenvalue weighted by Gasteiger charge is -2.15. The van der Waals surface area contributed by atoms with Gasteiger partial charge in [0.15, 0.2) is 0 Å². The fraction of sp³-hybridized carbons (Fsp3) is 0.148. The molecular weight excluding hydrogens is 446 g/mol. The second-order valence-electron chi connectivity index (χ2n) is 7.85. The van der Waals surface area contributed by atoms with E-state index >= 15 is 0 Å². The Morgan fingerprint density at radius 1 is 1.09 bits per heavy atom. The van der Waals surface area contributed by atoms with Crippen molar-refractivity contribution in [2.75, 3.05) is 11.5 Å². The highest BCUT2D eigenvalue weighted by molar-refractivity contribution is 8.00. The van der Waals surface area contributed by atoms with Gasteiger partial charge in [-0.3, -0.25) is 14.6 Å². The Labute approximate surface area is 201 Å². The molecule has 1 aliphatic rings. The molecule has 3 aromatic carbocycles. The summed E-state index contributed by atoms with van der Waals surface area (Å²) in [4.78, 5) is 35.6. The molecule has 6 nitrogen and oxygen atoms in total. The molecule has 170 valence electrons. The minimum atomic E-state index is -0.445. The third-order valence-electron chi connectivity index (χ3n) is 5.59. The topological polar surface area (TPSA) is 74.8 Å². The first-order valence-corrected chi connectivity index (χ1v) is 12.0. The summed E-state index contributed by atoms with van der Waals surface area (Å²) in [6, 6.07) is 22.9. The van der Waals surface area contributed by atoms with Crippen LogP contribution in [-0.4, -0.2) is 34.9 Å². The van der Waals surface area contributed by atoms with E-state index in [9.17, 15) is 9.59 Å². The lowest BCUT2D eigenvalue weighted by Crippen LogP contribution is -2.31. The number of para-hydroxylation sites is 1. The van der Waals surface area contributed by atoms with Crippen LogP contribution in [0.4, 0.5) is 11.4 Å². The van der Waals surface area contributed by atoms with E-state index in [2.05, 4.69) is 9.98 Å². The lowest BCUT2D eigenvalue weighted by molar-refractivity contribution is -0.121. The molecule has 1 N–H and O–H groups in total. The first kappa shape index (κ1) is 22.0. The van der Waals surface area contributed by atoms with Gasteiger partial charge in [0.1, 0.15) is 5.75 Å². The van der Waals surface area contributed by atoms with Crippen molar-refractivity contribution in [3.8, 4) is 5.75 Å². The number of ether oxygens (including phenoxy) is 1. The number of carbonyl (C=O) groups is 2. The van der Waals surface area contributed by atoms with Gasteiger partial charge in [0.05, 0.1) is 23.2 Å². The molecule has 0 spiro atoms. The summed E-state index contributed by atoms with van der Waals surface area (Å²) in [5.74, 6) is 0.434. The minimum absolute atomic E-state index is 0.178. The Balaban J connectivity index is 1.27. The standard InChI is InChI=1S/C27H23N3O3S/c1-2-33-24-6-4-3-5-19(24)17-29-20-8-11-22(12-9-20)34-25-16-26(31)30(27(25)32)21-10-7-18-13-14-28-23(18)15-21/h3-15,17,25,28H,2,16H2,1H3. The molecule has 2 heterocycles. The monoisotopic (exact) mass is 469 g/mol. The van der Waals surface area contributed by atoms with Crippen LogP contribution in [0.5, 0.6) is 5.75 Å². The maximum Gasteiger partial charge on any atom is 0.247 e. The number of amides is 2. The number of imide groups is 1. The second-order valence-corrected chi connectivity index (χ2v) is 9.13. The van der Waals surface area contributed by atoms with Crippen molar-refractivity contribution in [2.45, 2.75) is 23.5 Å². The Morgan fingerprint density at radius 3 is 2.74 bits per heavy atom. The van der Waals surface area contributed by atoms with E-state index in [-0.39, 0.29) is 18.2 Å². The zero-order valence-electron chi connectivity index (χ0n) is 18.6. The smallest absolute Gasteiger partial charge is 0.247 e. The van der Waals surface area contributed by atoms with Gasteiger partial charge in [0.2, 0.25) is 11.8 Å². The molecule has 1 fully saturated rings. The van der Waals surface area contributed by atoms with Crippen LogP contribution >= 0.6 is 11.8 Å². The SMILES string of the molecule is CCOc1ccccc1C=Nc1ccc(SC2CC(=O)N(c3ccc4cc[nH]c4c3)C2=O)cc1. The molecule has 4 aromatic rings. The second kappa shape index (κ2) is 9.57. The summed E-state index contributed by atoms with van der Waals surface area (Å²) in [5, 5.41) is 0.595. The van der Waals surface area contributed by atoms with E-state index < -0.39 is 5.25 Å². The number of anilines is 1. The number of aliphatic imine (C=N–C) groups is 1. The number of nitrogens with zero attached hydrogens (tertiary/aromatic N) is 2. The van der Waals surface area contributed by atoms with Crippen molar-refractivity contribution in [1.29, 1.82) is 0 Å². The van der Waals surface area contributed by atoms with Crippen molar-refractivity contribution in [3.63, 3.8) is 0 Å². The number of thioether (sulfide) groups is 1. The predicted molar refractivity (Wildman–Crippen MR) is 136 cm³/mol. The Morgan fingerprint density at radius 2 is 1.91 bits per heavy atom. The van der Waals surface area contributed by atoms with Crippen LogP contribution < -0.4 is 9.64 Å². The van der Waals surface area contributed by atoms with Gasteiger partial charge in [-0.05, 0) is 66.9 Å². The predicted octanol–water partition coefficient (Wildman–Crippen LogP) is 5.74. The van der Waals surface area contributed by atoms with Crippen LogP contribution in [0.15, 0.2) is 88.9 Å². The molecule has 0 radical (unpaired) electrons. The molecule has 0 aliphatic carbocycles. The van der Waals surface area contributed by atoms with Gasteiger partial charge in [-0.15, -0.1) is 11.8 Å². The fourth-order valence-corrected chi connectivity index (χ4v) is 4.99. The van der Waals surface area contributed by atoms with Crippen LogP contribution in [0.25, 0.3) is 10.9 Å². The highest BCUT2D eigenvalue weighted by atomic mass is 32.2. The molecule has 1 unspecified atom stereocenters. The molecule has 7 heteroatoms. The van der Waals surface area contributed by atoms with Crippen LogP contribution in [0.3, 0.4) is 0 Å². The Kier molecular flexibility index (Phi) is 6.18. The summed E-state index contributed by atoms with van der Waals surface area (Å²) in [6.45, 7) is 2.55. The number of H-pyrrole nitrogens is 1. The molecule has 1 aliphatic heterocycles. The maximum absolute atomic E-state index is 13.0. The Bertz CT molecular complexity index is 1380. The number of hydrogen-bond donors (Lipinski definition) is 1. The van der Waals surface area contributed by atoms with E-state index in [0.29, 0.717) is 12.3 Å². The van der Waals surface area contributed by atoms with Crippen molar-refractivity contribution in [2.24, 2.45) is 4.99 Å². The quantitative estimate of drug-likeness (QED) is 0.277. The van der Waals surface area contributed by atoms with Gasteiger partial charge in [0, 0.05) is 34.8 Å². The van der Waals surface area contributed by atoms with E-state index in [1.807, 2.05) is 85.9 Å². The zero-order chi connectivity index (χ0) is 23.5. The number of rotatable bonds is 7. The summed E-state index contributed by atoms with van der Waals surface area (Å²) in [5.41, 5.74) is 3.21. The highest BCUT2D eigenvalue weighted by Crippen LogP contribution is 2.35. The number of benzene rings is 3. The largest absolute Gasteiger partial charge is 0.493 e. The third-order valence-corrected chi connectivity index (χ3v) is 6.79. The number of nitrogens with one attached hydrogen (secondary N) is 1. The van der Waals surface area contributed by atoms with E-state index in [0.717, 1.165) is 32.8 Å². The van der Waals surface area contributed by atoms with Crippen LogP contribution in [0, 0.1) is 0 Å². The van der Waals surface area contributed by atoms with Crippen LogP contribution in [0.1, 0.15) is 18.9 Å². The normalized spacial score (nSPS) is 16.1. The summed E-state index contributed by atoms with van der Waals surface area (Å²) in [6.07, 6.45) is 3.80. The number of hydrogen-bond acceptors (Lipinski definition) is 5. The summed E-state index contributed by atoms with van der Waals surface area (Å²) in [7, 11) is 0. The summed E-state index contributed by atoms with van der Waals surface area (Å²) < 4.78 is 5.64. The number of fused-ring (bicyclic) bond motifs is 1. The van der Waals surface area contributed by atoms with Gasteiger partial charge in [-0.2, -0.15) is 0 Å². The fourth-order valence-electron chi connectivity index (χ4n) is 3.94. The number of aromatic amines is 1. The maximum atomic E-state index is 13.0. The van der Waals surface area contributed by atoms with Crippen molar-refractivity contribution < 1.29 is 14.3 Å². The number of carbonyl (C=O) groups excluding carboxylic acids is 2. The van der Waals surface area contributed by atoms with E-state index in [1.165, 1.54) is 16.7 Å². The van der Waals surface area contributed by atoms with Crippen molar-refractivity contribution in [1.82, 2.24) is 4.98 Å². The molecular formula is C27H23N3O3S. The number of aromatic nitrogens is 1. The van der Waals surface area contributed by atoms with Crippen LogP contribution in [-0.2, 0) is 9.59 Å². The molecule has 0 bridgehead atoms. The molecule has 1 saturated heterocycles. The zero-order valence-corrected chi connectivity index (χ0v) is 19.4. The average molecular weight is 470 g/mol. The highest BCUT2D eigenvalue weighted by Gasteiger charge is 2.40. The molecule has 2 amide bonds. The molecule has 5 rings (SSSR count). The van der Waals surface area contributed by atoms with Gasteiger partial charge >= 0.3 is 0 Å². The minimum Gasteiger partial charge on any atom is -0.493 e. The molecule has 34 heavy (non-hydrogen) atoms. The van der Waals surface area contributed by atoms with Gasteiger partial charge in [-0.1, -0.05) is 18.2 Å². The van der Waals surface area contributed by atoms with Gasteiger partial charge < -0.3 is 9.72 Å². The molecule has 0 saturated carbocycles. The average Bonchev–Trinajstić information content (AvgIpc) is 3.42. The van der Waals surface area contributed by atoms with Gasteiger partial charge in [-0.25, -0.2) is 4.90 Å². The molecule has 1 atom stereocenters. The first-order valence-electron chi connectivity index (χ1n) is 11.1. The van der Waals surface area contributed by atoms with E-state index in [4.69, 9.17) is 4.74 Å². The van der Waals surface area contributed by atoms with Gasteiger partial charge in [0.25, 0.3) is 0 Å². The first-order chi connectivity index (χ1) is 16.6. The van der Waals surface area contributed by atoms with Crippen LogP contribution in [0.2, 0.25) is 0 Å². The third kappa shape index (κ3) is 4.47. The van der Waals surface area contributed by atoms with E-state index in [1.54, 1.807) is 6.21 Å². The lowest BCUT2D eigenvalue weighted by atomic mass is 10.2. The van der Waals surface area contributed by atoms with Crippen molar-refractivity contribution >= 4 is 52.1 Å².